The van der Waals surface area contributed by atoms with Gasteiger partial charge in [0.15, 0.2) is 0 Å². The van der Waals surface area contributed by atoms with Gasteiger partial charge in [0.1, 0.15) is 5.75 Å². The quantitative estimate of drug-likeness (QED) is 0.882. The summed E-state index contributed by atoms with van der Waals surface area (Å²) in [6.45, 7) is 4.69. The molecule has 4 nitrogen and oxygen atoms in total. The van der Waals surface area contributed by atoms with Gasteiger partial charge in [-0.05, 0) is 56.0 Å². The smallest absolute Gasteiger partial charge is 0.251 e. The number of ether oxygens (including phenoxy) is 1. The van der Waals surface area contributed by atoms with Crippen LogP contribution in [-0.2, 0) is 6.42 Å². The van der Waals surface area contributed by atoms with Crippen molar-refractivity contribution in [3.05, 3.63) is 29.3 Å². The molecule has 0 bridgehead atoms. The van der Waals surface area contributed by atoms with Crippen LogP contribution in [0.2, 0.25) is 0 Å². The summed E-state index contributed by atoms with van der Waals surface area (Å²) in [4.78, 5) is 12.2. The van der Waals surface area contributed by atoms with Gasteiger partial charge < -0.3 is 15.4 Å². The predicted molar refractivity (Wildman–Crippen MR) is 78.2 cm³/mol. The zero-order chi connectivity index (χ0) is 13.9. The van der Waals surface area contributed by atoms with Gasteiger partial charge in [-0.2, -0.15) is 0 Å². The van der Waals surface area contributed by atoms with Gasteiger partial charge in [0.2, 0.25) is 0 Å². The first-order valence-electron chi connectivity index (χ1n) is 7.49. The molecule has 0 aliphatic carbocycles. The van der Waals surface area contributed by atoms with E-state index in [9.17, 15) is 4.79 Å². The number of piperidine rings is 1. The second kappa shape index (κ2) is 5.83. The van der Waals surface area contributed by atoms with E-state index >= 15 is 0 Å². The van der Waals surface area contributed by atoms with E-state index in [0.29, 0.717) is 12.0 Å². The molecule has 1 fully saturated rings. The number of hydrogen-bond donors (Lipinski definition) is 2. The summed E-state index contributed by atoms with van der Waals surface area (Å²) in [5, 5.41) is 6.52. The molecule has 1 saturated heterocycles. The largest absolute Gasteiger partial charge is 0.493 e. The van der Waals surface area contributed by atoms with Crippen LogP contribution in [0.15, 0.2) is 18.2 Å². The Morgan fingerprint density at radius 3 is 3.15 bits per heavy atom. The summed E-state index contributed by atoms with van der Waals surface area (Å²) in [6, 6.07) is 6.32. The van der Waals surface area contributed by atoms with Crippen molar-refractivity contribution in [3.8, 4) is 5.75 Å². The Bertz CT molecular complexity index is 493. The average molecular weight is 274 g/mol. The van der Waals surface area contributed by atoms with Gasteiger partial charge in [0.25, 0.3) is 5.91 Å². The Morgan fingerprint density at radius 2 is 2.35 bits per heavy atom. The highest BCUT2D eigenvalue weighted by Crippen LogP contribution is 2.25. The third-order valence-corrected chi connectivity index (χ3v) is 4.27. The van der Waals surface area contributed by atoms with Gasteiger partial charge in [0.05, 0.1) is 6.61 Å². The normalized spacial score (nSPS) is 24.9. The van der Waals surface area contributed by atoms with E-state index in [1.165, 1.54) is 12.8 Å². The maximum atomic E-state index is 12.2. The van der Waals surface area contributed by atoms with E-state index in [-0.39, 0.29) is 5.91 Å². The molecule has 0 radical (unpaired) electrons. The zero-order valence-electron chi connectivity index (χ0n) is 11.9. The molecule has 2 unspecified atom stereocenters. The highest BCUT2D eigenvalue weighted by atomic mass is 16.5. The van der Waals surface area contributed by atoms with Crippen LogP contribution >= 0.6 is 0 Å². The first kappa shape index (κ1) is 13.4. The molecule has 108 valence electrons. The molecular weight excluding hydrogens is 252 g/mol. The van der Waals surface area contributed by atoms with Crippen molar-refractivity contribution in [1.82, 2.24) is 10.6 Å². The summed E-state index contributed by atoms with van der Waals surface area (Å²) in [5.74, 6) is 1.50. The Kier molecular flexibility index (Phi) is 3.92. The maximum Gasteiger partial charge on any atom is 0.251 e. The fourth-order valence-electron chi connectivity index (χ4n) is 2.90. The topological polar surface area (TPSA) is 50.4 Å². The molecule has 2 heterocycles. The van der Waals surface area contributed by atoms with Crippen molar-refractivity contribution in [2.24, 2.45) is 5.92 Å². The molecule has 0 spiro atoms. The molecule has 1 aromatic rings. The van der Waals surface area contributed by atoms with Crippen LogP contribution in [0.4, 0.5) is 0 Å². The van der Waals surface area contributed by atoms with Crippen molar-refractivity contribution in [3.63, 3.8) is 0 Å². The Balaban J connectivity index is 1.54. The molecular formula is C16H22N2O2. The summed E-state index contributed by atoms with van der Waals surface area (Å²) >= 11 is 0. The maximum absolute atomic E-state index is 12.2. The van der Waals surface area contributed by atoms with Gasteiger partial charge in [0, 0.05) is 24.6 Å². The second-order valence-electron chi connectivity index (χ2n) is 5.88. The van der Waals surface area contributed by atoms with Gasteiger partial charge in [-0.25, -0.2) is 0 Å². The standard InChI is InChI=1S/C16H22N2O2/c1-11-2-3-12(9-17-11)10-18-16(19)14-4-5-15-13(8-14)6-7-20-15/h4-5,8,11-12,17H,2-3,6-7,9-10H2,1H3,(H,18,19). The Morgan fingerprint density at radius 1 is 1.45 bits per heavy atom. The summed E-state index contributed by atoms with van der Waals surface area (Å²) in [6.07, 6.45) is 3.28. The van der Waals surface area contributed by atoms with Gasteiger partial charge in [-0.3, -0.25) is 4.79 Å². The lowest BCUT2D eigenvalue weighted by Crippen LogP contribution is -2.41. The molecule has 1 aromatic carbocycles. The Hall–Kier alpha value is -1.55. The average Bonchev–Trinajstić information content (AvgIpc) is 2.93. The lowest BCUT2D eigenvalue weighted by Gasteiger charge is -2.27. The van der Waals surface area contributed by atoms with Gasteiger partial charge in [-0.1, -0.05) is 0 Å². The van der Waals surface area contributed by atoms with Crippen molar-refractivity contribution in [1.29, 1.82) is 0 Å². The molecule has 2 atom stereocenters. The minimum atomic E-state index is 0.0262. The number of hydrogen-bond acceptors (Lipinski definition) is 3. The number of benzene rings is 1. The molecule has 20 heavy (non-hydrogen) atoms. The minimum absolute atomic E-state index is 0.0262. The number of amides is 1. The van der Waals surface area contributed by atoms with Crippen molar-refractivity contribution in [2.45, 2.75) is 32.2 Å². The number of rotatable bonds is 3. The molecule has 1 amide bonds. The number of carbonyl (C=O) groups excluding carboxylic acids is 1. The molecule has 2 aliphatic rings. The van der Waals surface area contributed by atoms with Crippen molar-refractivity contribution in [2.75, 3.05) is 19.7 Å². The van der Waals surface area contributed by atoms with E-state index in [0.717, 1.165) is 43.0 Å². The SMILES string of the molecule is CC1CCC(CNC(=O)c2ccc3c(c2)CCO3)CN1. The van der Waals surface area contributed by atoms with Crippen LogP contribution in [0.5, 0.6) is 5.75 Å². The van der Waals surface area contributed by atoms with Crippen LogP contribution in [0.3, 0.4) is 0 Å². The lowest BCUT2D eigenvalue weighted by atomic mass is 9.95. The van der Waals surface area contributed by atoms with Gasteiger partial charge >= 0.3 is 0 Å². The van der Waals surface area contributed by atoms with Crippen LogP contribution in [0.25, 0.3) is 0 Å². The van der Waals surface area contributed by atoms with E-state index in [4.69, 9.17) is 4.74 Å². The van der Waals surface area contributed by atoms with Crippen LogP contribution in [0, 0.1) is 5.92 Å². The van der Waals surface area contributed by atoms with E-state index in [1.807, 2.05) is 18.2 Å². The molecule has 4 heteroatoms. The van der Waals surface area contributed by atoms with Crippen LogP contribution in [-0.4, -0.2) is 31.6 Å². The van der Waals surface area contributed by atoms with E-state index in [2.05, 4.69) is 17.6 Å². The highest BCUT2D eigenvalue weighted by Gasteiger charge is 2.19. The van der Waals surface area contributed by atoms with Crippen molar-refractivity contribution >= 4 is 5.91 Å². The first-order chi connectivity index (χ1) is 9.72. The van der Waals surface area contributed by atoms with Crippen molar-refractivity contribution < 1.29 is 9.53 Å². The molecule has 3 rings (SSSR count). The fourth-order valence-corrected chi connectivity index (χ4v) is 2.90. The number of carbonyl (C=O) groups is 1. The summed E-state index contributed by atoms with van der Waals surface area (Å²) in [5.41, 5.74) is 1.89. The van der Waals surface area contributed by atoms with Crippen LogP contribution in [0.1, 0.15) is 35.7 Å². The molecule has 2 N–H and O–H groups in total. The summed E-state index contributed by atoms with van der Waals surface area (Å²) < 4.78 is 5.46. The second-order valence-corrected chi connectivity index (χ2v) is 5.88. The Labute approximate surface area is 119 Å². The highest BCUT2D eigenvalue weighted by molar-refractivity contribution is 5.94. The van der Waals surface area contributed by atoms with Gasteiger partial charge in [-0.15, -0.1) is 0 Å². The van der Waals surface area contributed by atoms with E-state index in [1.54, 1.807) is 0 Å². The lowest BCUT2D eigenvalue weighted by molar-refractivity contribution is 0.0944. The number of fused-ring (bicyclic) bond motifs is 1. The minimum Gasteiger partial charge on any atom is -0.493 e. The third kappa shape index (κ3) is 2.96. The zero-order valence-corrected chi connectivity index (χ0v) is 11.9. The number of nitrogens with one attached hydrogen (secondary N) is 2. The molecule has 2 aliphatic heterocycles. The predicted octanol–water partition coefficient (Wildman–Crippen LogP) is 1.74. The van der Waals surface area contributed by atoms with E-state index < -0.39 is 0 Å². The first-order valence-corrected chi connectivity index (χ1v) is 7.49. The molecule has 0 saturated carbocycles. The monoisotopic (exact) mass is 274 g/mol. The third-order valence-electron chi connectivity index (χ3n) is 4.27. The van der Waals surface area contributed by atoms with Crippen LogP contribution < -0.4 is 15.4 Å². The summed E-state index contributed by atoms with van der Waals surface area (Å²) in [7, 11) is 0. The molecule has 0 aromatic heterocycles. The fraction of sp³-hybridized carbons (Fsp3) is 0.562.